The van der Waals surface area contributed by atoms with E-state index >= 15 is 0 Å². The largest absolute Gasteiger partial charge is 0.241 e. The first-order valence-electron chi connectivity index (χ1n) is 8.14. The van der Waals surface area contributed by atoms with E-state index in [-0.39, 0.29) is 0 Å². The highest BCUT2D eigenvalue weighted by molar-refractivity contribution is 6.29. The molecule has 0 unspecified atom stereocenters. The van der Waals surface area contributed by atoms with Gasteiger partial charge >= 0.3 is 0 Å². The Kier molecular flexibility index (Phi) is 3.95. The van der Waals surface area contributed by atoms with Gasteiger partial charge in [0.15, 0.2) is 5.65 Å². The van der Waals surface area contributed by atoms with E-state index in [0.717, 1.165) is 22.7 Å². The van der Waals surface area contributed by atoms with Gasteiger partial charge < -0.3 is 0 Å². The molecule has 3 aromatic heterocycles. The van der Waals surface area contributed by atoms with Crippen LogP contribution >= 0.6 is 11.6 Å². The van der Waals surface area contributed by atoms with Crippen molar-refractivity contribution in [2.75, 3.05) is 0 Å². The second kappa shape index (κ2) is 6.24. The molecule has 0 spiro atoms. The molecule has 0 N–H and O–H groups in total. The molecular weight excluding hydrogens is 310 g/mol. The molecule has 1 fully saturated rings. The van der Waals surface area contributed by atoms with Crippen LogP contribution in [-0.2, 0) is 0 Å². The van der Waals surface area contributed by atoms with Crippen molar-refractivity contribution in [2.45, 2.75) is 44.4 Å². The molecule has 0 aromatic carbocycles. The Morgan fingerprint density at radius 2 is 1.83 bits per heavy atom. The van der Waals surface area contributed by atoms with Gasteiger partial charge in [-0.25, -0.2) is 19.5 Å². The third-order valence-corrected chi connectivity index (χ3v) is 4.76. The molecule has 0 bridgehead atoms. The zero-order valence-corrected chi connectivity index (χ0v) is 13.6. The van der Waals surface area contributed by atoms with Crippen LogP contribution in [-0.4, -0.2) is 24.6 Å². The highest BCUT2D eigenvalue weighted by atomic mass is 35.5. The van der Waals surface area contributed by atoms with Gasteiger partial charge in [-0.2, -0.15) is 5.10 Å². The normalized spacial score (nSPS) is 16.6. The minimum absolute atomic E-state index is 0.440. The monoisotopic (exact) mass is 327 g/mol. The van der Waals surface area contributed by atoms with Crippen LogP contribution in [0.2, 0.25) is 5.15 Å². The summed E-state index contributed by atoms with van der Waals surface area (Å²) < 4.78 is 1.74. The number of imidazole rings is 1. The third-order valence-electron chi connectivity index (χ3n) is 4.55. The zero-order chi connectivity index (χ0) is 15.6. The molecule has 23 heavy (non-hydrogen) atoms. The summed E-state index contributed by atoms with van der Waals surface area (Å²) in [5, 5.41) is 4.77. The number of nitrogens with zero attached hydrogens (tertiary/aromatic N) is 5. The number of halogens is 1. The van der Waals surface area contributed by atoms with Crippen molar-refractivity contribution < 1.29 is 0 Å². The van der Waals surface area contributed by atoms with Gasteiger partial charge in [0.2, 0.25) is 0 Å². The van der Waals surface area contributed by atoms with E-state index in [0.29, 0.717) is 11.1 Å². The molecular formula is C17H18ClN5. The fourth-order valence-corrected chi connectivity index (χ4v) is 3.47. The van der Waals surface area contributed by atoms with Gasteiger partial charge in [-0.1, -0.05) is 37.3 Å². The van der Waals surface area contributed by atoms with Crippen LogP contribution in [0.15, 0.2) is 30.7 Å². The topological polar surface area (TPSA) is 56.0 Å². The summed E-state index contributed by atoms with van der Waals surface area (Å²) >= 11 is 6.01. The van der Waals surface area contributed by atoms with Crippen LogP contribution in [0.4, 0.5) is 0 Å². The average molecular weight is 328 g/mol. The molecule has 0 amide bonds. The first-order valence-corrected chi connectivity index (χ1v) is 8.52. The molecule has 0 aliphatic heterocycles. The van der Waals surface area contributed by atoms with E-state index in [1.165, 1.54) is 38.5 Å². The summed E-state index contributed by atoms with van der Waals surface area (Å²) in [5.41, 5.74) is 3.59. The van der Waals surface area contributed by atoms with Crippen molar-refractivity contribution in [1.29, 1.82) is 0 Å². The summed E-state index contributed by atoms with van der Waals surface area (Å²) in [7, 11) is 0. The molecule has 0 radical (unpaired) electrons. The molecule has 1 saturated carbocycles. The minimum Gasteiger partial charge on any atom is -0.241 e. The third kappa shape index (κ3) is 2.93. The SMILES string of the molecule is Clc1ccc2ncc(-c3cc(C4CCCCCC4)ncn3)n2n1. The lowest BCUT2D eigenvalue weighted by atomic mass is 9.96. The lowest BCUT2D eigenvalue weighted by Crippen LogP contribution is -2.03. The van der Waals surface area contributed by atoms with Crippen LogP contribution in [0.3, 0.4) is 0 Å². The molecule has 5 nitrogen and oxygen atoms in total. The average Bonchev–Trinajstić information content (AvgIpc) is 2.80. The Morgan fingerprint density at radius 3 is 2.65 bits per heavy atom. The Labute approximate surface area is 139 Å². The van der Waals surface area contributed by atoms with Crippen molar-refractivity contribution in [3.05, 3.63) is 41.6 Å². The predicted octanol–water partition coefficient (Wildman–Crippen LogP) is 4.28. The predicted molar refractivity (Wildman–Crippen MR) is 89.5 cm³/mol. The van der Waals surface area contributed by atoms with Gasteiger partial charge in [0, 0.05) is 11.6 Å². The van der Waals surface area contributed by atoms with Crippen molar-refractivity contribution in [3.8, 4) is 11.4 Å². The fourth-order valence-electron chi connectivity index (χ4n) is 3.34. The van der Waals surface area contributed by atoms with Crippen LogP contribution in [0.25, 0.3) is 17.0 Å². The number of aromatic nitrogens is 5. The summed E-state index contributed by atoms with van der Waals surface area (Å²) in [4.78, 5) is 13.3. The maximum Gasteiger partial charge on any atom is 0.154 e. The highest BCUT2D eigenvalue weighted by Crippen LogP contribution is 2.31. The van der Waals surface area contributed by atoms with Crippen molar-refractivity contribution in [3.63, 3.8) is 0 Å². The van der Waals surface area contributed by atoms with E-state index in [2.05, 4.69) is 26.1 Å². The van der Waals surface area contributed by atoms with E-state index in [4.69, 9.17) is 11.6 Å². The molecule has 118 valence electrons. The molecule has 3 aromatic rings. The molecule has 4 rings (SSSR count). The highest BCUT2D eigenvalue weighted by Gasteiger charge is 2.17. The van der Waals surface area contributed by atoms with Crippen LogP contribution < -0.4 is 0 Å². The van der Waals surface area contributed by atoms with E-state index < -0.39 is 0 Å². The van der Waals surface area contributed by atoms with E-state index in [1.54, 1.807) is 23.1 Å². The molecule has 1 aliphatic carbocycles. The lowest BCUT2D eigenvalue weighted by molar-refractivity contribution is 0.576. The minimum atomic E-state index is 0.440. The van der Waals surface area contributed by atoms with Gasteiger partial charge in [-0.15, -0.1) is 0 Å². The Balaban J connectivity index is 1.73. The molecule has 3 heterocycles. The van der Waals surface area contributed by atoms with Crippen molar-refractivity contribution in [2.24, 2.45) is 0 Å². The van der Waals surface area contributed by atoms with Crippen molar-refractivity contribution in [1.82, 2.24) is 24.6 Å². The second-order valence-electron chi connectivity index (χ2n) is 6.09. The summed E-state index contributed by atoms with van der Waals surface area (Å²) in [6.07, 6.45) is 11.1. The number of fused-ring (bicyclic) bond motifs is 1. The van der Waals surface area contributed by atoms with Gasteiger partial charge in [0.1, 0.15) is 17.2 Å². The summed E-state index contributed by atoms with van der Waals surface area (Å²) in [6.45, 7) is 0. The summed E-state index contributed by atoms with van der Waals surface area (Å²) in [6, 6.07) is 5.68. The van der Waals surface area contributed by atoms with E-state index in [9.17, 15) is 0 Å². The first kappa shape index (κ1) is 14.6. The molecule has 1 aliphatic rings. The quantitative estimate of drug-likeness (QED) is 0.659. The van der Waals surface area contributed by atoms with Crippen LogP contribution in [0.1, 0.15) is 50.1 Å². The van der Waals surface area contributed by atoms with Crippen LogP contribution in [0.5, 0.6) is 0 Å². The maximum absolute atomic E-state index is 6.01. The van der Waals surface area contributed by atoms with Gasteiger partial charge in [0.05, 0.1) is 11.9 Å². The number of hydrogen-bond donors (Lipinski definition) is 0. The standard InChI is InChI=1S/C17H18ClN5/c18-16-7-8-17-19-10-15(23(17)22-16)14-9-13(20-11-21-14)12-5-3-1-2-4-6-12/h7-12H,1-6H2. The van der Waals surface area contributed by atoms with Crippen LogP contribution in [0, 0.1) is 0 Å². The van der Waals surface area contributed by atoms with Crippen molar-refractivity contribution >= 4 is 17.2 Å². The number of hydrogen-bond acceptors (Lipinski definition) is 4. The molecule has 0 atom stereocenters. The maximum atomic E-state index is 6.01. The fraction of sp³-hybridized carbons (Fsp3) is 0.412. The zero-order valence-electron chi connectivity index (χ0n) is 12.8. The molecule has 0 saturated heterocycles. The molecule has 6 heteroatoms. The van der Waals surface area contributed by atoms with E-state index in [1.807, 2.05) is 6.07 Å². The Bertz CT molecular complexity index is 821. The first-order chi connectivity index (χ1) is 11.3. The Hall–Kier alpha value is -2.01. The smallest absolute Gasteiger partial charge is 0.154 e. The van der Waals surface area contributed by atoms with Gasteiger partial charge in [-0.05, 0) is 31.0 Å². The lowest BCUT2D eigenvalue weighted by Gasteiger charge is -2.13. The Morgan fingerprint density at radius 1 is 1.00 bits per heavy atom. The van der Waals surface area contributed by atoms with Gasteiger partial charge in [0.25, 0.3) is 0 Å². The van der Waals surface area contributed by atoms with Gasteiger partial charge in [-0.3, -0.25) is 0 Å². The number of rotatable bonds is 2. The summed E-state index contributed by atoms with van der Waals surface area (Å²) in [5.74, 6) is 0.537. The second-order valence-corrected chi connectivity index (χ2v) is 6.47.